The molecule has 36 heavy (non-hydrogen) atoms. The second-order valence-electron chi connectivity index (χ2n) is 9.83. The van der Waals surface area contributed by atoms with E-state index in [0.29, 0.717) is 23.8 Å². The molecule has 1 saturated carbocycles. The summed E-state index contributed by atoms with van der Waals surface area (Å²) in [5.74, 6) is 1.03. The molecule has 10 nitrogen and oxygen atoms in total. The molecule has 0 unspecified atom stereocenters. The number of aromatic nitrogens is 6. The van der Waals surface area contributed by atoms with Gasteiger partial charge in [-0.3, -0.25) is 4.90 Å². The highest BCUT2D eigenvalue weighted by molar-refractivity contribution is 5.98. The van der Waals surface area contributed by atoms with Crippen LogP contribution in [0.25, 0.3) is 22.3 Å². The summed E-state index contributed by atoms with van der Waals surface area (Å²) in [6.45, 7) is 4.67. The molecule has 1 saturated heterocycles. The molecule has 0 atom stereocenters. The summed E-state index contributed by atoms with van der Waals surface area (Å²) in [5.41, 5.74) is 9.88. The predicted molar refractivity (Wildman–Crippen MR) is 141 cm³/mol. The molecule has 0 radical (unpaired) electrons. The van der Waals surface area contributed by atoms with E-state index in [4.69, 9.17) is 10.8 Å². The summed E-state index contributed by atoms with van der Waals surface area (Å²) in [7, 11) is 2.21. The van der Waals surface area contributed by atoms with Crippen LogP contribution in [0.4, 0.5) is 17.5 Å². The van der Waals surface area contributed by atoms with Gasteiger partial charge in [0, 0.05) is 55.9 Å². The number of nitrogen functional groups attached to an aromatic ring is 1. The topological polar surface area (TPSA) is 114 Å². The predicted octanol–water partition coefficient (Wildman–Crippen LogP) is 3.34. The lowest BCUT2D eigenvalue weighted by molar-refractivity contribution is 0.0815. The molecule has 2 aliphatic rings. The molecule has 1 aromatic carbocycles. The molecule has 0 spiro atoms. The lowest BCUT2D eigenvalue weighted by Crippen LogP contribution is -2.49. The van der Waals surface area contributed by atoms with Gasteiger partial charge in [-0.15, -0.1) is 0 Å². The van der Waals surface area contributed by atoms with Gasteiger partial charge in [0.25, 0.3) is 0 Å². The van der Waals surface area contributed by atoms with Crippen LogP contribution in [0.1, 0.15) is 31.7 Å². The van der Waals surface area contributed by atoms with E-state index in [2.05, 4.69) is 46.8 Å². The van der Waals surface area contributed by atoms with Crippen molar-refractivity contribution in [1.29, 1.82) is 0 Å². The standard InChI is InChI=1S/C26H32N10/c1-34-13-15-35(16-14-34)20-7-9-21(10-8-20)36-25-22(24(27)30-17-31-25)23(33-36)18-3-5-19(6-4-18)32-26-28-11-2-12-29-26/h2-6,11-12,17,20-21H,7-10,13-16H2,1H3,(H2,27,30,31)(H,28,29,32)/t20-,21+. The fraction of sp³-hybridized carbons (Fsp3) is 0.423. The zero-order valence-electron chi connectivity index (χ0n) is 20.6. The van der Waals surface area contributed by atoms with E-state index in [-0.39, 0.29) is 0 Å². The number of anilines is 3. The molecule has 6 rings (SSSR count). The van der Waals surface area contributed by atoms with Gasteiger partial charge in [-0.1, -0.05) is 12.1 Å². The van der Waals surface area contributed by atoms with Gasteiger partial charge in [0.05, 0.1) is 11.4 Å². The highest BCUT2D eigenvalue weighted by atomic mass is 15.3. The first-order valence-electron chi connectivity index (χ1n) is 12.7. The van der Waals surface area contributed by atoms with E-state index in [0.717, 1.165) is 53.9 Å². The maximum absolute atomic E-state index is 6.36. The van der Waals surface area contributed by atoms with Gasteiger partial charge in [0.1, 0.15) is 17.8 Å². The lowest BCUT2D eigenvalue weighted by Gasteiger charge is -2.41. The Morgan fingerprint density at radius 1 is 0.861 bits per heavy atom. The van der Waals surface area contributed by atoms with Crippen molar-refractivity contribution in [1.82, 2.24) is 39.5 Å². The summed E-state index contributed by atoms with van der Waals surface area (Å²) in [6, 6.07) is 10.8. The number of hydrogen-bond donors (Lipinski definition) is 2. The van der Waals surface area contributed by atoms with Crippen LogP contribution in [0.2, 0.25) is 0 Å². The number of fused-ring (bicyclic) bond motifs is 1. The van der Waals surface area contributed by atoms with Crippen LogP contribution in [-0.2, 0) is 0 Å². The maximum atomic E-state index is 6.36. The fourth-order valence-electron chi connectivity index (χ4n) is 5.51. The lowest BCUT2D eigenvalue weighted by atomic mass is 9.90. The van der Waals surface area contributed by atoms with E-state index in [1.165, 1.54) is 25.9 Å². The molecule has 4 aromatic rings. The molecule has 1 aliphatic carbocycles. The van der Waals surface area contributed by atoms with Crippen LogP contribution in [0.5, 0.6) is 0 Å². The van der Waals surface area contributed by atoms with Gasteiger partial charge >= 0.3 is 0 Å². The van der Waals surface area contributed by atoms with Gasteiger partial charge in [-0.25, -0.2) is 24.6 Å². The number of nitrogens with two attached hydrogens (primary N) is 1. The van der Waals surface area contributed by atoms with Gasteiger partial charge in [-0.2, -0.15) is 5.10 Å². The Kier molecular flexibility index (Phi) is 6.20. The number of benzene rings is 1. The van der Waals surface area contributed by atoms with E-state index in [1.807, 2.05) is 24.3 Å². The highest BCUT2D eigenvalue weighted by Crippen LogP contribution is 2.37. The van der Waals surface area contributed by atoms with Gasteiger partial charge < -0.3 is 16.0 Å². The number of piperazine rings is 1. The highest BCUT2D eigenvalue weighted by Gasteiger charge is 2.30. The van der Waals surface area contributed by atoms with E-state index in [9.17, 15) is 0 Å². The number of nitrogens with zero attached hydrogens (tertiary/aromatic N) is 8. The molecule has 1 aliphatic heterocycles. The number of hydrogen-bond acceptors (Lipinski definition) is 9. The Bertz CT molecular complexity index is 1300. The van der Waals surface area contributed by atoms with Crippen molar-refractivity contribution in [2.24, 2.45) is 0 Å². The van der Waals surface area contributed by atoms with Crippen LogP contribution in [-0.4, -0.2) is 78.8 Å². The molecular weight excluding hydrogens is 452 g/mol. The monoisotopic (exact) mass is 484 g/mol. The van der Waals surface area contributed by atoms with Gasteiger partial charge in [-0.05, 0) is 50.9 Å². The van der Waals surface area contributed by atoms with E-state index in [1.54, 1.807) is 24.8 Å². The Morgan fingerprint density at radius 2 is 1.56 bits per heavy atom. The average Bonchev–Trinajstić information content (AvgIpc) is 3.31. The van der Waals surface area contributed by atoms with Crippen molar-refractivity contribution in [2.45, 2.75) is 37.8 Å². The molecule has 10 heteroatoms. The first kappa shape index (κ1) is 22.8. The van der Waals surface area contributed by atoms with Crippen molar-refractivity contribution in [2.75, 3.05) is 44.3 Å². The summed E-state index contributed by atoms with van der Waals surface area (Å²) in [6.07, 6.45) is 9.53. The number of likely N-dealkylation sites (N-methyl/N-ethyl adjacent to an activating group) is 1. The van der Waals surface area contributed by atoms with Gasteiger partial charge in [0.2, 0.25) is 5.95 Å². The second-order valence-corrected chi connectivity index (χ2v) is 9.83. The zero-order valence-corrected chi connectivity index (χ0v) is 20.6. The first-order chi connectivity index (χ1) is 17.7. The van der Waals surface area contributed by atoms with Crippen molar-refractivity contribution in [3.8, 4) is 11.3 Å². The van der Waals surface area contributed by atoms with Crippen LogP contribution >= 0.6 is 0 Å². The second kappa shape index (κ2) is 9.79. The number of nitrogens with one attached hydrogen (secondary N) is 1. The molecule has 2 fully saturated rings. The van der Waals surface area contributed by atoms with Crippen LogP contribution in [0, 0.1) is 0 Å². The third kappa shape index (κ3) is 4.49. The Labute approximate surface area is 210 Å². The van der Waals surface area contributed by atoms with Gasteiger partial charge in [0.15, 0.2) is 5.65 Å². The molecular formula is C26H32N10. The summed E-state index contributed by atoms with van der Waals surface area (Å²) in [4.78, 5) is 22.4. The number of rotatable bonds is 5. The van der Waals surface area contributed by atoms with Crippen molar-refractivity contribution >= 4 is 28.5 Å². The minimum atomic E-state index is 0.315. The maximum Gasteiger partial charge on any atom is 0.227 e. The van der Waals surface area contributed by atoms with Crippen LogP contribution < -0.4 is 11.1 Å². The molecule has 3 aromatic heterocycles. The SMILES string of the molecule is CN1CCN([C@H]2CC[C@@H](n3nc(-c4ccc(Nc5ncccn5)cc4)c4c(N)ncnc43)CC2)CC1. The third-order valence-corrected chi connectivity index (χ3v) is 7.56. The molecule has 0 amide bonds. The minimum Gasteiger partial charge on any atom is -0.383 e. The molecule has 4 heterocycles. The summed E-state index contributed by atoms with van der Waals surface area (Å²) >= 11 is 0. The summed E-state index contributed by atoms with van der Waals surface area (Å²) in [5, 5.41) is 9.12. The average molecular weight is 485 g/mol. The van der Waals surface area contributed by atoms with Crippen LogP contribution in [0.3, 0.4) is 0 Å². The smallest absolute Gasteiger partial charge is 0.227 e. The zero-order chi connectivity index (χ0) is 24.5. The van der Waals surface area contributed by atoms with E-state index >= 15 is 0 Å². The Balaban J connectivity index is 1.24. The summed E-state index contributed by atoms with van der Waals surface area (Å²) < 4.78 is 2.10. The molecule has 3 N–H and O–H groups in total. The molecule has 186 valence electrons. The fourth-order valence-corrected chi connectivity index (χ4v) is 5.51. The third-order valence-electron chi connectivity index (χ3n) is 7.56. The van der Waals surface area contributed by atoms with Crippen molar-refractivity contribution in [3.63, 3.8) is 0 Å². The Hall–Kier alpha value is -3.63. The first-order valence-corrected chi connectivity index (χ1v) is 12.7. The van der Waals surface area contributed by atoms with E-state index < -0.39 is 0 Å². The molecule has 0 bridgehead atoms. The minimum absolute atomic E-state index is 0.315. The Morgan fingerprint density at radius 3 is 2.28 bits per heavy atom. The normalized spacial score (nSPS) is 21.6. The van der Waals surface area contributed by atoms with Crippen LogP contribution in [0.15, 0.2) is 49.1 Å². The largest absolute Gasteiger partial charge is 0.383 e. The quantitative estimate of drug-likeness (QED) is 0.440. The van der Waals surface area contributed by atoms with Crippen molar-refractivity contribution < 1.29 is 0 Å². The van der Waals surface area contributed by atoms with Crippen molar-refractivity contribution in [3.05, 3.63) is 49.1 Å².